The first kappa shape index (κ1) is 29.8. The number of unbranched alkanes of at least 4 members (excludes halogenated alkanes) is 2. The molecule has 5 aromatic rings. The van der Waals surface area contributed by atoms with Crippen LogP contribution in [0.4, 0.5) is 26.3 Å². The van der Waals surface area contributed by atoms with Gasteiger partial charge in [-0.2, -0.15) is 8.78 Å². The largest absolute Gasteiger partial charge is 0.429 e. The zero-order valence-electron chi connectivity index (χ0n) is 23.1. The first-order valence-corrected chi connectivity index (χ1v) is 13.7. The normalized spacial score (nSPS) is 11.5. The molecule has 4 aromatic carbocycles. The Morgan fingerprint density at radius 1 is 0.651 bits per heavy atom. The first-order valence-electron chi connectivity index (χ1n) is 13.7. The molecule has 0 aliphatic rings. The molecule has 0 saturated heterocycles. The Morgan fingerprint density at radius 3 is 1.86 bits per heavy atom. The Hall–Kier alpha value is -4.66. The van der Waals surface area contributed by atoms with Crippen LogP contribution in [0.15, 0.2) is 91.3 Å². The molecule has 0 bridgehead atoms. The summed E-state index contributed by atoms with van der Waals surface area (Å²) < 4.78 is 90.2. The van der Waals surface area contributed by atoms with E-state index in [-0.39, 0.29) is 16.9 Å². The zero-order valence-corrected chi connectivity index (χ0v) is 23.1. The van der Waals surface area contributed by atoms with Crippen LogP contribution in [0.5, 0.6) is 5.75 Å². The lowest BCUT2D eigenvalue weighted by Crippen LogP contribution is -2.21. The van der Waals surface area contributed by atoms with E-state index in [1.807, 2.05) is 0 Å². The molecule has 0 N–H and O–H groups in total. The van der Waals surface area contributed by atoms with Gasteiger partial charge >= 0.3 is 6.11 Å². The molecule has 0 radical (unpaired) electrons. The number of nitrogens with zero attached hydrogens (tertiary/aromatic N) is 2. The van der Waals surface area contributed by atoms with Gasteiger partial charge in [0.15, 0.2) is 23.3 Å². The van der Waals surface area contributed by atoms with E-state index in [1.165, 1.54) is 60.7 Å². The second-order valence-electron chi connectivity index (χ2n) is 10.0. The fourth-order valence-electron chi connectivity index (χ4n) is 4.59. The second kappa shape index (κ2) is 12.7. The highest BCUT2D eigenvalue weighted by atomic mass is 19.3. The van der Waals surface area contributed by atoms with Crippen molar-refractivity contribution < 1.29 is 31.1 Å². The summed E-state index contributed by atoms with van der Waals surface area (Å²) >= 11 is 0. The Morgan fingerprint density at radius 2 is 1.26 bits per heavy atom. The SMILES string of the molecule is CCCCCc1cnc(-c2ccc(C(F)(F)Oc3ccc(-c4ccc(-c5cc(F)c(F)c(F)c5)cc4)c(F)c3)cc2)nc1. The van der Waals surface area contributed by atoms with E-state index in [1.54, 1.807) is 12.4 Å². The van der Waals surface area contributed by atoms with Gasteiger partial charge in [0, 0.05) is 29.6 Å². The highest BCUT2D eigenvalue weighted by Crippen LogP contribution is 2.35. The third-order valence-corrected chi connectivity index (χ3v) is 6.95. The molecule has 220 valence electrons. The molecular formula is C34H26F6N2O. The van der Waals surface area contributed by atoms with E-state index in [0.29, 0.717) is 22.5 Å². The second-order valence-corrected chi connectivity index (χ2v) is 10.0. The van der Waals surface area contributed by atoms with Gasteiger partial charge in [-0.25, -0.2) is 27.5 Å². The molecule has 0 aliphatic heterocycles. The number of rotatable bonds is 10. The third kappa shape index (κ3) is 6.88. The van der Waals surface area contributed by atoms with Crippen molar-refractivity contribution in [3.05, 3.63) is 126 Å². The van der Waals surface area contributed by atoms with E-state index in [0.717, 1.165) is 49.4 Å². The fourth-order valence-corrected chi connectivity index (χ4v) is 4.59. The van der Waals surface area contributed by atoms with Crippen LogP contribution >= 0.6 is 0 Å². The van der Waals surface area contributed by atoms with Gasteiger partial charge in [-0.15, -0.1) is 0 Å². The van der Waals surface area contributed by atoms with Crippen LogP contribution in [0.2, 0.25) is 0 Å². The Balaban J connectivity index is 1.27. The lowest BCUT2D eigenvalue weighted by Gasteiger charge is -2.19. The third-order valence-electron chi connectivity index (χ3n) is 6.95. The predicted molar refractivity (Wildman–Crippen MR) is 152 cm³/mol. The van der Waals surface area contributed by atoms with Crippen LogP contribution in [-0.2, 0) is 12.5 Å². The van der Waals surface area contributed by atoms with Crippen molar-refractivity contribution in [3.63, 3.8) is 0 Å². The van der Waals surface area contributed by atoms with Gasteiger partial charge in [0.1, 0.15) is 11.6 Å². The molecule has 0 saturated carbocycles. The summed E-state index contributed by atoms with van der Waals surface area (Å²) in [4.78, 5) is 8.69. The summed E-state index contributed by atoms with van der Waals surface area (Å²) in [7, 11) is 0. The van der Waals surface area contributed by atoms with Gasteiger partial charge in [0.25, 0.3) is 0 Å². The number of ether oxygens (including phenoxy) is 1. The summed E-state index contributed by atoms with van der Waals surface area (Å²) in [6.07, 6.45) is 3.90. The van der Waals surface area contributed by atoms with E-state index >= 15 is 0 Å². The van der Waals surface area contributed by atoms with Crippen LogP contribution < -0.4 is 4.74 Å². The van der Waals surface area contributed by atoms with Gasteiger partial charge in [-0.1, -0.05) is 56.2 Å². The number of alkyl halides is 2. The topological polar surface area (TPSA) is 35.0 Å². The molecule has 0 aliphatic carbocycles. The molecule has 0 unspecified atom stereocenters. The summed E-state index contributed by atoms with van der Waals surface area (Å²) in [5.74, 6) is -5.01. The molecule has 5 rings (SSSR count). The van der Waals surface area contributed by atoms with E-state index in [9.17, 15) is 26.3 Å². The predicted octanol–water partition coefficient (Wildman–Crippen LogP) is 9.89. The number of aryl methyl sites for hydroxylation is 1. The Kier molecular flexibility index (Phi) is 8.80. The van der Waals surface area contributed by atoms with E-state index < -0.39 is 34.9 Å². The molecule has 1 heterocycles. The van der Waals surface area contributed by atoms with Gasteiger partial charge < -0.3 is 4.74 Å². The van der Waals surface area contributed by atoms with Crippen LogP contribution in [0.25, 0.3) is 33.6 Å². The fraction of sp³-hybridized carbons (Fsp3) is 0.176. The van der Waals surface area contributed by atoms with Crippen molar-refractivity contribution in [3.8, 4) is 39.4 Å². The number of hydrogen-bond acceptors (Lipinski definition) is 3. The Labute approximate surface area is 244 Å². The lowest BCUT2D eigenvalue weighted by molar-refractivity contribution is -0.185. The maximum Gasteiger partial charge on any atom is 0.426 e. The molecule has 0 atom stereocenters. The average molecular weight is 593 g/mol. The Bertz CT molecular complexity index is 1680. The number of aromatic nitrogens is 2. The molecule has 3 nitrogen and oxygen atoms in total. The van der Waals surface area contributed by atoms with Crippen LogP contribution in [0.1, 0.15) is 37.3 Å². The molecule has 43 heavy (non-hydrogen) atoms. The molecule has 0 amide bonds. The zero-order chi connectivity index (χ0) is 30.6. The van der Waals surface area contributed by atoms with Gasteiger partial charge in [-0.3, -0.25) is 0 Å². The number of benzene rings is 4. The molecule has 0 fully saturated rings. The van der Waals surface area contributed by atoms with Crippen LogP contribution in [-0.4, -0.2) is 9.97 Å². The van der Waals surface area contributed by atoms with Crippen molar-refractivity contribution in [1.82, 2.24) is 9.97 Å². The minimum Gasteiger partial charge on any atom is -0.429 e. The molecular weight excluding hydrogens is 566 g/mol. The highest BCUT2D eigenvalue weighted by molar-refractivity contribution is 5.71. The molecule has 1 aromatic heterocycles. The smallest absolute Gasteiger partial charge is 0.426 e. The summed E-state index contributed by atoms with van der Waals surface area (Å²) in [5.41, 5.74) is 2.11. The van der Waals surface area contributed by atoms with Gasteiger partial charge in [0.2, 0.25) is 0 Å². The van der Waals surface area contributed by atoms with Crippen molar-refractivity contribution in [2.75, 3.05) is 0 Å². The number of halogens is 6. The first-order chi connectivity index (χ1) is 20.6. The van der Waals surface area contributed by atoms with E-state index in [2.05, 4.69) is 16.9 Å². The van der Waals surface area contributed by atoms with Crippen LogP contribution in [0, 0.1) is 23.3 Å². The van der Waals surface area contributed by atoms with Crippen molar-refractivity contribution in [1.29, 1.82) is 0 Å². The van der Waals surface area contributed by atoms with Gasteiger partial charge in [0.05, 0.1) is 5.56 Å². The average Bonchev–Trinajstić information content (AvgIpc) is 3.00. The van der Waals surface area contributed by atoms with Crippen molar-refractivity contribution in [2.24, 2.45) is 0 Å². The maximum absolute atomic E-state index is 15.0. The summed E-state index contributed by atoms with van der Waals surface area (Å²) in [5, 5.41) is 0. The van der Waals surface area contributed by atoms with E-state index in [4.69, 9.17) is 4.74 Å². The highest BCUT2D eigenvalue weighted by Gasteiger charge is 2.34. The molecule has 9 heteroatoms. The minimum absolute atomic E-state index is 0.0967. The maximum atomic E-state index is 15.0. The summed E-state index contributed by atoms with van der Waals surface area (Å²) in [6.45, 7) is 2.13. The minimum atomic E-state index is -3.75. The van der Waals surface area contributed by atoms with Crippen LogP contribution in [0.3, 0.4) is 0 Å². The monoisotopic (exact) mass is 592 g/mol. The quantitative estimate of drug-likeness (QED) is 0.0920. The number of hydrogen-bond donors (Lipinski definition) is 0. The summed E-state index contributed by atoms with van der Waals surface area (Å²) in [6, 6.07) is 16.4. The van der Waals surface area contributed by atoms with Crippen molar-refractivity contribution >= 4 is 0 Å². The van der Waals surface area contributed by atoms with Crippen molar-refractivity contribution in [2.45, 2.75) is 38.7 Å². The van der Waals surface area contributed by atoms with Gasteiger partial charge in [-0.05, 0) is 71.5 Å². The molecule has 0 spiro atoms. The standard InChI is InChI=1S/C34H26F6N2O/c1-2-3-4-5-21-19-41-33(42-20-21)24-10-12-26(13-11-24)34(39,40)43-27-14-15-28(29(35)18-27)23-8-6-22(7-9-23)25-16-30(36)32(38)31(37)17-25/h6-20H,2-5H2,1H3. The lowest BCUT2D eigenvalue weighted by atomic mass is 9.99.